The van der Waals surface area contributed by atoms with Crippen molar-refractivity contribution in [3.05, 3.63) is 53.1 Å². The number of para-hydroxylation sites is 1. The number of likely N-dealkylation sites (tertiary alicyclic amines) is 1. The quantitative estimate of drug-likeness (QED) is 0.676. The molecule has 6 rings (SSSR count). The van der Waals surface area contributed by atoms with Crippen molar-refractivity contribution >= 4 is 28.5 Å². The average Bonchev–Trinajstić information content (AvgIpc) is 3.18. The minimum absolute atomic E-state index is 0.115. The van der Waals surface area contributed by atoms with Crippen molar-refractivity contribution in [2.45, 2.75) is 44.9 Å². The van der Waals surface area contributed by atoms with Crippen molar-refractivity contribution in [1.29, 1.82) is 0 Å². The highest BCUT2D eigenvalue weighted by molar-refractivity contribution is 6.00. The van der Waals surface area contributed by atoms with Crippen LogP contribution in [0.15, 0.2) is 30.5 Å². The van der Waals surface area contributed by atoms with Gasteiger partial charge in [0.25, 0.3) is 0 Å². The predicted octanol–water partition coefficient (Wildman–Crippen LogP) is 3.12. The zero-order valence-electron chi connectivity index (χ0n) is 18.3. The highest BCUT2D eigenvalue weighted by atomic mass is 16.2. The van der Waals surface area contributed by atoms with E-state index >= 15 is 0 Å². The first kappa shape index (κ1) is 19.5. The molecule has 3 aliphatic rings. The molecule has 2 aromatic heterocycles. The lowest BCUT2D eigenvalue weighted by Crippen LogP contribution is -2.30. The van der Waals surface area contributed by atoms with Gasteiger partial charge in [0, 0.05) is 53.9 Å². The zero-order chi connectivity index (χ0) is 21.8. The number of nitrogens with zero attached hydrogens (tertiary/aromatic N) is 4. The Morgan fingerprint density at radius 1 is 1.19 bits per heavy atom. The van der Waals surface area contributed by atoms with Gasteiger partial charge in [-0.05, 0) is 43.7 Å². The van der Waals surface area contributed by atoms with Crippen molar-refractivity contribution < 1.29 is 9.59 Å². The number of amides is 2. The molecular formula is C25H27N5O2. The molecule has 1 N–H and O–H groups in total. The summed E-state index contributed by atoms with van der Waals surface area (Å²) in [5.41, 5.74) is 3.97. The summed E-state index contributed by atoms with van der Waals surface area (Å²) >= 11 is 0. The summed E-state index contributed by atoms with van der Waals surface area (Å²) in [6.45, 7) is 4.11. The van der Waals surface area contributed by atoms with Gasteiger partial charge in [0.05, 0.1) is 12.8 Å². The van der Waals surface area contributed by atoms with E-state index in [0.717, 1.165) is 58.9 Å². The maximum atomic E-state index is 13.0. The van der Waals surface area contributed by atoms with Gasteiger partial charge in [-0.3, -0.25) is 14.5 Å². The maximum Gasteiger partial charge on any atom is 0.232 e. The second kappa shape index (κ2) is 7.43. The van der Waals surface area contributed by atoms with E-state index in [2.05, 4.69) is 11.1 Å². The summed E-state index contributed by atoms with van der Waals surface area (Å²) in [6.07, 6.45) is 6.00. The largest absolute Gasteiger partial charge is 0.361 e. The first-order valence-electron chi connectivity index (χ1n) is 11.6. The van der Waals surface area contributed by atoms with Crippen LogP contribution in [0.2, 0.25) is 0 Å². The molecule has 1 saturated carbocycles. The molecule has 0 spiro atoms. The molecule has 0 radical (unpaired) electrons. The molecule has 32 heavy (non-hydrogen) atoms. The number of benzene rings is 1. The highest BCUT2D eigenvalue weighted by Crippen LogP contribution is 2.37. The molecular weight excluding hydrogens is 402 g/mol. The third kappa shape index (κ3) is 3.36. The fourth-order valence-corrected chi connectivity index (χ4v) is 5.08. The van der Waals surface area contributed by atoms with E-state index in [1.54, 1.807) is 0 Å². The molecule has 164 valence electrons. The molecule has 2 fully saturated rings. The van der Waals surface area contributed by atoms with Crippen molar-refractivity contribution in [2.24, 2.45) is 5.92 Å². The Kier molecular flexibility index (Phi) is 4.52. The number of H-pyrrole nitrogens is 1. The Balaban J connectivity index is 1.19. The van der Waals surface area contributed by atoms with Crippen LogP contribution >= 0.6 is 0 Å². The maximum absolute atomic E-state index is 13.0. The molecule has 0 bridgehead atoms. The summed E-state index contributed by atoms with van der Waals surface area (Å²) in [7, 11) is 0. The number of hydrogen-bond donors (Lipinski definition) is 1. The number of aromatic nitrogens is 3. The van der Waals surface area contributed by atoms with Crippen LogP contribution in [0.1, 0.15) is 47.8 Å². The average molecular weight is 430 g/mol. The van der Waals surface area contributed by atoms with E-state index in [1.807, 2.05) is 41.1 Å². The van der Waals surface area contributed by atoms with Crippen LogP contribution in [0.3, 0.4) is 0 Å². The summed E-state index contributed by atoms with van der Waals surface area (Å²) in [5.74, 6) is 2.60. The van der Waals surface area contributed by atoms with E-state index < -0.39 is 0 Å². The molecule has 1 aromatic carbocycles. The van der Waals surface area contributed by atoms with Crippen LogP contribution in [-0.2, 0) is 22.4 Å². The van der Waals surface area contributed by atoms with Gasteiger partial charge in [-0.25, -0.2) is 9.97 Å². The third-order valence-electron chi connectivity index (χ3n) is 7.15. The number of aromatic amines is 1. The molecule has 1 atom stereocenters. The van der Waals surface area contributed by atoms with E-state index in [-0.39, 0.29) is 17.7 Å². The Morgan fingerprint density at radius 2 is 2.03 bits per heavy atom. The van der Waals surface area contributed by atoms with E-state index in [0.29, 0.717) is 25.3 Å². The fourth-order valence-electron chi connectivity index (χ4n) is 5.08. The number of aryl methyl sites for hydroxylation is 1. The summed E-state index contributed by atoms with van der Waals surface area (Å²) < 4.78 is 0. The first-order chi connectivity index (χ1) is 15.6. The number of rotatable bonds is 5. The zero-order valence-corrected chi connectivity index (χ0v) is 18.3. The lowest BCUT2D eigenvalue weighted by molar-refractivity contribution is -0.129. The molecule has 3 aromatic rings. The van der Waals surface area contributed by atoms with Crippen LogP contribution in [0.4, 0.5) is 5.82 Å². The van der Waals surface area contributed by atoms with Gasteiger partial charge in [0.2, 0.25) is 11.8 Å². The third-order valence-corrected chi connectivity index (χ3v) is 7.15. The Morgan fingerprint density at radius 3 is 2.88 bits per heavy atom. The lowest BCUT2D eigenvalue weighted by Gasteiger charge is -2.19. The normalized spacial score (nSPS) is 20.4. The Hall–Kier alpha value is -3.22. The standard InChI is InChI=1S/C25H27N5O2/c1-15-20-11-23(32)30(13-16-6-7-16)25(20)28-24(27-15)17-8-9-29(14-17)22(31)10-18-12-26-21-5-3-2-4-19(18)21/h2-5,12,16-17,26H,6-11,13-14H2,1H3. The van der Waals surface area contributed by atoms with Crippen LogP contribution in [0.25, 0.3) is 10.9 Å². The number of carbonyl (C=O) groups excluding carboxylic acids is 2. The van der Waals surface area contributed by atoms with Crippen LogP contribution in [0, 0.1) is 12.8 Å². The molecule has 2 amide bonds. The van der Waals surface area contributed by atoms with Crippen LogP contribution in [-0.4, -0.2) is 51.3 Å². The van der Waals surface area contributed by atoms with Crippen LogP contribution < -0.4 is 4.90 Å². The summed E-state index contributed by atoms with van der Waals surface area (Å²) in [5, 5.41) is 1.11. The number of anilines is 1. The van der Waals surface area contributed by atoms with Gasteiger partial charge < -0.3 is 9.88 Å². The Bertz CT molecular complexity index is 1230. The van der Waals surface area contributed by atoms with Crippen molar-refractivity contribution in [3.63, 3.8) is 0 Å². The van der Waals surface area contributed by atoms with E-state index in [1.165, 1.54) is 12.8 Å². The summed E-state index contributed by atoms with van der Waals surface area (Å²) in [6, 6.07) is 8.07. The fraction of sp³-hybridized carbons (Fsp3) is 0.440. The number of fused-ring (bicyclic) bond motifs is 2. The van der Waals surface area contributed by atoms with Crippen molar-refractivity contribution in [3.8, 4) is 0 Å². The Labute approximate surface area is 186 Å². The van der Waals surface area contributed by atoms with Crippen molar-refractivity contribution in [1.82, 2.24) is 19.9 Å². The van der Waals surface area contributed by atoms with Gasteiger partial charge in [0.15, 0.2) is 0 Å². The van der Waals surface area contributed by atoms with Gasteiger partial charge in [-0.2, -0.15) is 0 Å². The summed E-state index contributed by atoms with van der Waals surface area (Å²) in [4.78, 5) is 42.3. The van der Waals surface area contributed by atoms with E-state index in [4.69, 9.17) is 9.97 Å². The van der Waals surface area contributed by atoms with Gasteiger partial charge in [0.1, 0.15) is 11.6 Å². The molecule has 1 saturated heterocycles. The first-order valence-corrected chi connectivity index (χ1v) is 11.6. The van der Waals surface area contributed by atoms with Crippen molar-refractivity contribution in [2.75, 3.05) is 24.5 Å². The molecule has 4 heterocycles. The number of hydrogen-bond acceptors (Lipinski definition) is 4. The minimum atomic E-state index is 0.115. The number of carbonyl (C=O) groups is 2. The minimum Gasteiger partial charge on any atom is -0.361 e. The smallest absolute Gasteiger partial charge is 0.232 e. The monoisotopic (exact) mass is 429 g/mol. The van der Waals surface area contributed by atoms with Gasteiger partial charge in [-0.1, -0.05) is 18.2 Å². The van der Waals surface area contributed by atoms with Gasteiger partial charge >= 0.3 is 0 Å². The number of nitrogens with one attached hydrogen (secondary N) is 1. The van der Waals surface area contributed by atoms with Gasteiger partial charge in [-0.15, -0.1) is 0 Å². The SMILES string of the molecule is Cc1nc(C2CCN(C(=O)Cc3c[nH]c4ccccc34)C2)nc2c1CC(=O)N2CC1CC1. The van der Waals surface area contributed by atoms with Crippen LogP contribution in [0.5, 0.6) is 0 Å². The molecule has 2 aliphatic heterocycles. The molecule has 7 nitrogen and oxygen atoms in total. The highest BCUT2D eigenvalue weighted by Gasteiger charge is 2.37. The second-order valence-electron chi connectivity index (χ2n) is 9.46. The predicted molar refractivity (Wildman–Crippen MR) is 121 cm³/mol. The second-order valence-corrected chi connectivity index (χ2v) is 9.46. The lowest BCUT2D eigenvalue weighted by atomic mass is 10.1. The molecule has 1 unspecified atom stereocenters. The van der Waals surface area contributed by atoms with E-state index in [9.17, 15) is 9.59 Å². The molecule has 1 aliphatic carbocycles. The topological polar surface area (TPSA) is 82.2 Å². The molecule has 7 heteroatoms.